The molecule has 1 amide bonds. The lowest BCUT2D eigenvalue weighted by Crippen LogP contribution is -2.38. The van der Waals surface area contributed by atoms with Gasteiger partial charge >= 0.3 is 0 Å². The van der Waals surface area contributed by atoms with Crippen molar-refractivity contribution in [2.45, 2.75) is 19.4 Å². The normalized spacial score (nSPS) is 16.2. The number of carbonyl (C=O) groups is 1. The van der Waals surface area contributed by atoms with Gasteiger partial charge in [-0.3, -0.25) is 14.8 Å². The number of carbonyl (C=O) groups excluding carboxylic acids is 1. The summed E-state index contributed by atoms with van der Waals surface area (Å²) in [5.74, 6) is -0.0146. The third-order valence-electron chi connectivity index (χ3n) is 4.99. The Kier molecular flexibility index (Phi) is 3.53. The van der Waals surface area contributed by atoms with E-state index in [0.29, 0.717) is 0 Å². The summed E-state index contributed by atoms with van der Waals surface area (Å²) in [7, 11) is 0. The number of aromatic amines is 1. The summed E-state index contributed by atoms with van der Waals surface area (Å²) in [5, 5.41) is 4.06. The van der Waals surface area contributed by atoms with E-state index in [1.807, 2.05) is 49.5 Å². The zero-order valence-corrected chi connectivity index (χ0v) is 14.9. The van der Waals surface area contributed by atoms with Crippen LogP contribution in [0.5, 0.6) is 0 Å². The molecule has 1 aliphatic rings. The summed E-state index contributed by atoms with van der Waals surface area (Å²) in [4.78, 5) is 24.7. The van der Waals surface area contributed by atoms with Crippen molar-refractivity contribution in [1.29, 1.82) is 0 Å². The molecular weight excluding hydrogens is 336 g/mol. The Morgan fingerprint density at radius 1 is 1.04 bits per heavy atom. The lowest BCUT2D eigenvalue weighted by molar-refractivity contribution is 0.0929. The first-order chi connectivity index (χ1) is 13.2. The molecule has 1 unspecified atom stereocenters. The Morgan fingerprint density at radius 3 is 2.85 bits per heavy atom. The summed E-state index contributed by atoms with van der Waals surface area (Å²) in [5.41, 5.74) is 6.45. The second-order valence-corrected chi connectivity index (χ2v) is 7.00. The molecular formula is C22H18N4O. The van der Waals surface area contributed by atoms with Crippen LogP contribution in [0.2, 0.25) is 0 Å². The van der Waals surface area contributed by atoms with Gasteiger partial charge in [-0.05, 0) is 37.3 Å². The molecule has 5 heteroatoms. The van der Waals surface area contributed by atoms with Crippen LogP contribution in [0.4, 0.5) is 0 Å². The topological polar surface area (TPSA) is 70.7 Å². The number of hydrogen-bond acceptors (Lipinski definition) is 3. The molecule has 5 rings (SSSR count). The highest BCUT2D eigenvalue weighted by molar-refractivity contribution is 5.98. The number of amides is 1. The number of hydrogen-bond donors (Lipinski definition) is 2. The number of nitrogens with one attached hydrogen (secondary N) is 2. The van der Waals surface area contributed by atoms with Crippen LogP contribution in [0.15, 0.2) is 60.9 Å². The van der Waals surface area contributed by atoms with Gasteiger partial charge in [-0.25, -0.2) is 0 Å². The summed E-state index contributed by atoms with van der Waals surface area (Å²) in [6.07, 6.45) is 4.46. The van der Waals surface area contributed by atoms with Crippen LogP contribution in [0, 0.1) is 0 Å². The van der Waals surface area contributed by atoms with Gasteiger partial charge in [-0.15, -0.1) is 0 Å². The fourth-order valence-electron chi connectivity index (χ4n) is 3.64. The summed E-state index contributed by atoms with van der Waals surface area (Å²) in [6, 6.07) is 16.2. The van der Waals surface area contributed by atoms with Crippen molar-refractivity contribution in [2.24, 2.45) is 0 Å². The van der Waals surface area contributed by atoms with Gasteiger partial charge < -0.3 is 10.3 Å². The molecule has 5 nitrogen and oxygen atoms in total. The SMILES string of the molecule is CC1Cc2[nH]c(-c3ccnc(-c4cnc5ccccc5c4)c3)cc2C(=O)N1. The second kappa shape index (κ2) is 6.06. The van der Waals surface area contributed by atoms with Crippen LogP contribution in [0.3, 0.4) is 0 Å². The van der Waals surface area contributed by atoms with Crippen molar-refractivity contribution in [3.05, 3.63) is 72.2 Å². The molecule has 4 aromatic rings. The van der Waals surface area contributed by atoms with E-state index in [-0.39, 0.29) is 11.9 Å². The molecule has 0 spiro atoms. The van der Waals surface area contributed by atoms with Gasteiger partial charge in [0.1, 0.15) is 0 Å². The molecule has 0 fully saturated rings. The fourth-order valence-corrected chi connectivity index (χ4v) is 3.64. The molecule has 0 saturated carbocycles. The van der Waals surface area contributed by atoms with Crippen molar-refractivity contribution in [1.82, 2.24) is 20.3 Å². The van der Waals surface area contributed by atoms with E-state index < -0.39 is 0 Å². The quantitative estimate of drug-likeness (QED) is 0.572. The largest absolute Gasteiger partial charge is 0.358 e. The van der Waals surface area contributed by atoms with Gasteiger partial charge in [0, 0.05) is 52.8 Å². The first kappa shape index (κ1) is 15.8. The van der Waals surface area contributed by atoms with Crippen LogP contribution >= 0.6 is 0 Å². The van der Waals surface area contributed by atoms with Crippen molar-refractivity contribution in [2.75, 3.05) is 0 Å². The minimum absolute atomic E-state index is 0.0146. The predicted molar refractivity (Wildman–Crippen MR) is 105 cm³/mol. The third-order valence-corrected chi connectivity index (χ3v) is 4.99. The Labute approximate surface area is 156 Å². The molecule has 0 aliphatic carbocycles. The van der Waals surface area contributed by atoms with Gasteiger partial charge in [-0.1, -0.05) is 18.2 Å². The Hall–Kier alpha value is -3.47. The van der Waals surface area contributed by atoms with E-state index in [1.165, 1.54) is 0 Å². The fraction of sp³-hybridized carbons (Fsp3) is 0.136. The van der Waals surface area contributed by atoms with E-state index in [4.69, 9.17) is 0 Å². The molecule has 4 heterocycles. The number of H-pyrrole nitrogens is 1. The average Bonchev–Trinajstić information content (AvgIpc) is 3.12. The van der Waals surface area contributed by atoms with Gasteiger partial charge in [0.05, 0.1) is 16.8 Å². The zero-order valence-electron chi connectivity index (χ0n) is 14.9. The van der Waals surface area contributed by atoms with Crippen LogP contribution in [-0.4, -0.2) is 26.9 Å². The van der Waals surface area contributed by atoms with Gasteiger partial charge in [0.25, 0.3) is 5.91 Å². The number of aromatic nitrogens is 3. The van der Waals surface area contributed by atoms with Crippen molar-refractivity contribution < 1.29 is 4.79 Å². The molecule has 1 aliphatic heterocycles. The number of para-hydroxylation sites is 1. The van der Waals surface area contributed by atoms with Crippen molar-refractivity contribution in [3.8, 4) is 22.5 Å². The van der Waals surface area contributed by atoms with Crippen LogP contribution in [0.25, 0.3) is 33.4 Å². The van der Waals surface area contributed by atoms with E-state index in [1.54, 1.807) is 6.20 Å². The molecule has 1 atom stereocenters. The van der Waals surface area contributed by atoms with E-state index >= 15 is 0 Å². The summed E-state index contributed by atoms with van der Waals surface area (Å²) in [6.45, 7) is 2.01. The van der Waals surface area contributed by atoms with Crippen molar-refractivity contribution in [3.63, 3.8) is 0 Å². The lowest BCUT2D eigenvalue weighted by atomic mass is 10.0. The van der Waals surface area contributed by atoms with Crippen LogP contribution < -0.4 is 5.32 Å². The number of nitrogens with zero attached hydrogens (tertiary/aromatic N) is 2. The van der Waals surface area contributed by atoms with Gasteiger partial charge in [0.15, 0.2) is 0 Å². The maximum absolute atomic E-state index is 12.2. The molecule has 3 aromatic heterocycles. The zero-order chi connectivity index (χ0) is 18.4. The minimum Gasteiger partial charge on any atom is -0.358 e. The van der Waals surface area contributed by atoms with Crippen molar-refractivity contribution >= 4 is 16.8 Å². The number of pyridine rings is 2. The molecule has 0 bridgehead atoms. The molecule has 0 saturated heterocycles. The van der Waals surface area contributed by atoms with Gasteiger partial charge in [0.2, 0.25) is 0 Å². The maximum atomic E-state index is 12.2. The monoisotopic (exact) mass is 354 g/mol. The molecule has 0 radical (unpaired) electrons. The van der Waals surface area contributed by atoms with Crippen LogP contribution in [-0.2, 0) is 6.42 Å². The maximum Gasteiger partial charge on any atom is 0.253 e. The first-order valence-electron chi connectivity index (χ1n) is 9.02. The number of rotatable bonds is 2. The standard InChI is InChI=1S/C22H18N4O/c1-13-8-21-17(22(27)25-13)11-20(26-21)15-6-7-23-19(10-15)16-9-14-4-2-3-5-18(14)24-12-16/h2-7,9-13,26H,8H2,1H3,(H,25,27). The van der Waals surface area contributed by atoms with Gasteiger partial charge in [-0.2, -0.15) is 0 Å². The van der Waals surface area contributed by atoms with E-state index in [0.717, 1.165) is 51.1 Å². The Bertz CT molecular complexity index is 1180. The van der Waals surface area contributed by atoms with E-state index in [9.17, 15) is 4.79 Å². The highest BCUT2D eigenvalue weighted by atomic mass is 16.1. The van der Waals surface area contributed by atoms with E-state index in [2.05, 4.69) is 32.4 Å². The summed E-state index contributed by atoms with van der Waals surface area (Å²) >= 11 is 0. The predicted octanol–water partition coefficient (Wildman–Crippen LogP) is 3.97. The first-order valence-corrected chi connectivity index (χ1v) is 9.02. The van der Waals surface area contributed by atoms with Crippen LogP contribution in [0.1, 0.15) is 23.0 Å². The highest BCUT2D eigenvalue weighted by Crippen LogP contribution is 2.28. The smallest absolute Gasteiger partial charge is 0.253 e. The average molecular weight is 354 g/mol. The Balaban J connectivity index is 1.56. The molecule has 132 valence electrons. The highest BCUT2D eigenvalue weighted by Gasteiger charge is 2.24. The minimum atomic E-state index is -0.0146. The number of benzene rings is 1. The third kappa shape index (κ3) is 2.77. The molecule has 2 N–H and O–H groups in total. The summed E-state index contributed by atoms with van der Waals surface area (Å²) < 4.78 is 0. The molecule has 27 heavy (non-hydrogen) atoms. The lowest BCUT2D eigenvalue weighted by Gasteiger charge is -2.19. The Morgan fingerprint density at radius 2 is 1.93 bits per heavy atom. The second-order valence-electron chi connectivity index (χ2n) is 7.00. The molecule has 1 aromatic carbocycles. The number of fused-ring (bicyclic) bond motifs is 2.